The molecule has 2 heteroatoms. The smallest absolute Gasteiger partial charge is 0.328 e. The van der Waals surface area contributed by atoms with Gasteiger partial charge in [0.15, 0.2) is 0 Å². The standard InChI is InChI=1S/C17H18O2/c1-16(9-8-15(18)19)10-12-17(2,13-11-16)14-6-4-3-5-7-14/h3-13H,1-2H3,(H,18,19)/t16-,17-. The molecule has 0 radical (unpaired) electrons. The molecule has 0 saturated heterocycles. The summed E-state index contributed by atoms with van der Waals surface area (Å²) in [5, 5.41) is 8.70. The molecule has 0 unspecified atom stereocenters. The molecule has 1 aromatic carbocycles. The number of benzene rings is 1. The highest BCUT2D eigenvalue weighted by Crippen LogP contribution is 2.36. The Kier molecular flexibility index (Phi) is 3.43. The van der Waals surface area contributed by atoms with E-state index in [0.29, 0.717) is 0 Å². The summed E-state index contributed by atoms with van der Waals surface area (Å²) in [6, 6.07) is 10.3. The molecule has 1 aliphatic rings. The van der Waals surface area contributed by atoms with Crippen molar-refractivity contribution >= 4 is 5.97 Å². The van der Waals surface area contributed by atoms with Gasteiger partial charge >= 0.3 is 5.97 Å². The summed E-state index contributed by atoms with van der Waals surface area (Å²) in [6.07, 6.45) is 11.3. The van der Waals surface area contributed by atoms with Gasteiger partial charge in [0.05, 0.1) is 0 Å². The van der Waals surface area contributed by atoms with Gasteiger partial charge in [0.2, 0.25) is 0 Å². The van der Waals surface area contributed by atoms with Crippen LogP contribution in [0.3, 0.4) is 0 Å². The van der Waals surface area contributed by atoms with Crippen LogP contribution >= 0.6 is 0 Å². The molecule has 1 aliphatic carbocycles. The van der Waals surface area contributed by atoms with Crippen LogP contribution in [0.5, 0.6) is 0 Å². The van der Waals surface area contributed by atoms with Crippen LogP contribution in [0, 0.1) is 5.41 Å². The van der Waals surface area contributed by atoms with Gasteiger partial charge in [0.1, 0.15) is 0 Å². The van der Waals surface area contributed by atoms with E-state index in [1.54, 1.807) is 6.08 Å². The Hall–Kier alpha value is -2.09. The van der Waals surface area contributed by atoms with Gasteiger partial charge in [-0.05, 0) is 19.4 Å². The van der Waals surface area contributed by atoms with E-state index in [0.717, 1.165) is 0 Å². The quantitative estimate of drug-likeness (QED) is 0.659. The van der Waals surface area contributed by atoms with Crippen molar-refractivity contribution in [1.82, 2.24) is 0 Å². The highest BCUT2D eigenvalue weighted by Gasteiger charge is 2.27. The number of carboxylic acids is 1. The SMILES string of the molecule is C[C@]1(C=CC(=O)O)C=C[C@](C)(c2ccccc2)C=C1. The van der Waals surface area contributed by atoms with Gasteiger partial charge in [0, 0.05) is 16.9 Å². The molecule has 2 nitrogen and oxygen atoms in total. The molecule has 0 amide bonds. The van der Waals surface area contributed by atoms with Gasteiger partial charge in [-0.25, -0.2) is 4.79 Å². The van der Waals surface area contributed by atoms with Crippen LogP contribution in [0.15, 0.2) is 66.8 Å². The molecule has 0 aromatic heterocycles. The zero-order valence-corrected chi connectivity index (χ0v) is 11.2. The fraction of sp³-hybridized carbons (Fsp3) is 0.235. The second-order valence-electron chi connectivity index (χ2n) is 5.35. The first-order valence-corrected chi connectivity index (χ1v) is 6.32. The van der Waals surface area contributed by atoms with Crippen LogP contribution in [0.25, 0.3) is 0 Å². The maximum atomic E-state index is 10.6. The largest absolute Gasteiger partial charge is 0.478 e. The Morgan fingerprint density at radius 3 is 2.16 bits per heavy atom. The van der Waals surface area contributed by atoms with Gasteiger partial charge in [-0.1, -0.05) is 60.7 Å². The monoisotopic (exact) mass is 254 g/mol. The van der Waals surface area contributed by atoms with E-state index in [1.165, 1.54) is 11.6 Å². The van der Waals surface area contributed by atoms with Crippen LogP contribution in [0.4, 0.5) is 0 Å². The average molecular weight is 254 g/mol. The first-order chi connectivity index (χ1) is 8.94. The second kappa shape index (κ2) is 4.88. The van der Waals surface area contributed by atoms with E-state index >= 15 is 0 Å². The third kappa shape index (κ3) is 3.02. The van der Waals surface area contributed by atoms with Crippen molar-refractivity contribution < 1.29 is 9.90 Å². The number of rotatable bonds is 3. The van der Waals surface area contributed by atoms with Crippen molar-refractivity contribution in [2.75, 3.05) is 0 Å². The van der Waals surface area contributed by atoms with Crippen LogP contribution < -0.4 is 0 Å². The summed E-state index contributed by atoms with van der Waals surface area (Å²) < 4.78 is 0. The zero-order chi connectivity index (χ0) is 13.9. The summed E-state index contributed by atoms with van der Waals surface area (Å²) >= 11 is 0. The summed E-state index contributed by atoms with van der Waals surface area (Å²) in [6.45, 7) is 4.14. The van der Waals surface area contributed by atoms with Crippen LogP contribution in [-0.4, -0.2) is 11.1 Å². The van der Waals surface area contributed by atoms with Crippen LogP contribution in [0.2, 0.25) is 0 Å². The predicted octanol–water partition coefficient (Wildman–Crippen LogP) is 3.72. The fourth-order valence-corrected chi connectivity index (χ4v) is 2.17. The number of allylic oxidation sites excluding steroid dienone is 5. The maximum absolute atomic E-state index is 10.6. The molecule has 1 aromatic rings. The first kappa shape index (κ1) is 13.3. The lowest BCUT2D eigenvalue weighted by Gasteiger charge is -2.31. The normalized spacial score (nSPS) is 29.8. The number of carbonyl (C=O) groups is 1. The highest BCUT2D eigenvalue weighted by molar-refractivity contribution is 5.80. The molecule has 0 atom stereocenters. The molecule has 0 fully saturated rings. The Labute approximate surface area is 113 Å². The summed E-state index contributed by atoms with van der Waals surface area (Å²) in [5.74, 6) is -0.917. The fourth-order valence-electron chi connectivity index (χ4n) is 2.17. The third-order valence-electron chi connectivity index (χ3n) is 3.56. The molecule has 0 bridgehead atoms. The zero-order valence-electron chi connectivity index (χ0n) is 11.2. The van der Waals surface area contributed by atoms with Crippen molar-refractivity contribution in [3.05, 3.63) is 72.4 Å². The topological polar surface area (TPSA) is 37.3 Å². The van der Waals surface area contributed by atoms with Crippen molar-refractivity contribution in [2.24, 2.45) is 5.41 Å². The van der Waals surface area contributed by atoms with Gasteiger partial charge in [-0.3, -0.25) is 0 Å². The summed E-state index contributed by atoms with van der Waals surface area (Å²) in [4.78, 5) is 10.6. The minimum Gasteiger partial charge on any atom is -0.478 e. The predicted molar refractivity (Wildman–Crippen MR) is 77.0 cm³/mol. The van der Waals surface area contributed by atoms with E-state index in [-0.39, 0.29) is 10.8 Å². The number of aliphatic carboxylic acids is 1. The lowest BCUT2D eigenvalue weighted by atomic mass is 9.73. The number of carboxylic acid groups (broad SMARTS) is 1. The molecule has 2 rings (SSSR count). The summed E-state index contributed by atoms with van der Waals surface area (Å²) in [7, 11) is 0. The van der Waals surface area contributed by atoms with E-state index in [2.05, 4.69) is 43.4 Å². The second-order valence-corrected chi connectivity index (χ2v) is 5.35. The van der Waals surface area contributed by atoms with E-state index in [9.17, 15) is 4.79 Å². The van der Waals surface area contributed by atoms with Gasteiger partial charge in [-0.2, -0.15) is 0 Å². The maximum Gasteiger partial charge on any atom is 0.328 e. The molecule has 0 spiro atoms. The van der Waals surface area contributed by atoms with E-state index < -0.39 is 5.97 Å². The van der Waals surface area contributed by atoms with E-state index in [1.807, 2.05) is 25.1 Å². The molecular formula is C17H18O2. The molecule has 1 N–H and O–H groups in total. The highest BCUT2D eigenvalue weighted by atomic mass is 16.4. The Morgan fingerprint density at radius 1 is 1.05 bits per heavy atom. The molecule has 0 saturated carbocycles. The van der Waals surface area contributed by atoms with Gasteiger partial charge in [-0.15, -0.1) is 0 Å². The number of hydrogen-bond acceptors (Lipinski definition) is 1. The Balaban J connectivity index is 2.25. The van der Waals surface area contributed by atoms with Crippen LogP contribution in [-0.2, 0) is 10.2 Å². The molecule has 0 aliphatic heterocycles. The van der Waals surface area contributed by atoms with Crippen LogP contribution in [0.1, 0.15) is 19.4 Å². The molecule has 98 valence electrons. The molecule has 0 heterocycles. The van der Waals surface area contributed by atoms with Crippen molar-refractivity contribution in [2.45, 2.75) is 19.3 Å². The lowest BCUT2D eigenvalue weighted by molar-refractivity contribution is -0.131. The van der Waals surface area contributed by atoms with Crippen molar-refractivity contribution in [1.29, 1.82) is 0 Å². The Bertz CT molecular complexity index is 536. The molecular weight excluding hydrogens is 236 g/mol. The minimum absolute atomic E-state index is 0.127. The number of hydrogen-bond donors (Lipinski definition) is 1. The Morgan fingerprint density at radius 2 is 1.63 bits per heavy atom. The van der Waals surface area contributed by atoms with Gasteiger partial charge in [0.25, 0.3) is 0 Å². The molecule has 19 heavy (non-hydrogen) atoms. The first-order valence-electron chi connectivity index (χ1n) is 6.32. The summed E-state index contributed by atoms with van der Waals surface area (Å²) in [5.41, 5.74) is 0.775. The van der Waals surface area contributed by atoms with E-state index in [4.69, 9.17) is 5.11 Å². The van der Waals surface area contributed by atoms with Crippen molar-refractivity contribution in [3.63, 3.8) is 0 Å². The van der Waals surface area contributed by atoms with Gasteiger partial charge < -0.3 is 5.11 Å². The third-order valence-corrected chi connectivity index (χ3v) is 3.56. The lowest BCUT2D eigenvalue weighted by Crippen LogP contribution is -2.22. The average Bonchev–Trinajstić information content (AvgIpc) is 2.42. The minimum atomic E-state index is -0.917. The van der Waals surface area contributed by atoms with Crippen molar-refractivity contribution in [3.8, 4) is 0 Å².